The van der Waals surface area contributed by atoms with Crippen LogP contribution in [-0.4, -0.2) is 29.5 Å². The summed E-state index contributed by atoms with van der Waals surface area (Å²) in [6, 6.07) is 5.99. The molecule has 0 aliphatic rings. The smallest absolute Gasteiger partial charge is 0.234 e. The molecule has 1 amide bonds. The fourth-order valence-corrected chi connectivity index (χ4v) is 1.51. The van der Waals surface area contributed by atoms with Gasteiger partial charge in [-0.25, -0.2) is 4.39 Å². The zero-order valence-corrected chi connectivity index (χ0v) is 10.1. The molecule has 1 rings (SSSR count). The van der Waals surface area contributed by atoms with Crippen molar-refractivity contribution in [2.45, 2.75) is 18.9 Å². The summed E-state index contributed by atoms with van der Waals surface area (Å²) in [6.07, 6.45) is 0.327. The van der Waals surface area contributed by atoms with E-state index in [1.165, 1.54) is 12.1 Å². The van der Waals surface area contributed by atoms with E-state index < -0.39 is 6.10 Å². The highest BCUT2D eigenvalue weighted by molar-refractivity contribution is 6.27. The maximum absolute atomic E-state index is 12.6. The van der Waals surface area contributed by atoms with Crippen LogP contribution in [0.5, 0.6) is 0 Å². The molecule has 1 atom stereocenters. The first-order valence-corrected chi connectivity index (χ1v) is 5.90. The van der Waals surface area contributed by atoms with Gasteiger partial charge in [-0.1, -0.05) is 12.1 Å². The van der Waals surface area contributed by atoms with E-state index in [-0.39, 0.29) is 17.6 Å². The standard InChI is InChI=1S/C12H15ClFNO2/c13-8-12(17)15-6-5-11(16)7-9-1-3-10(14)4-2-9/h1-4,11,16H,5-8H2,(H,15,17). The molecule has 1 aromatic carbocycles. The van der Waals surface area contributed by atoms with Crippen molar-refractivity contribution in [1.82, 2.24) is 5.32 Å². The van der Waals surface area contributed by atoms with Crippen LogP contribution in [0.25, 0.3) is 0 Å². The Hall–Kier alpha value is -1.13. The van der Waals surface area contributed by atoms with Crippen molar-refractivity contribution in [1.29, 1.82) is 0 Å². The monoisotopic (exact) mass is 259 g/mol. The van der Waals surface area contributed by atoms with Gasteiger partial charge < -0.3 is 10.4 Å². The van der Waals surface area contributed by atoms with Crippen LogP contribution in [-0.2, 0) is 11.2 Å². The molecule has 0 saturated heterocycles. The number of hydrogen-bond acceptors (Lipinski definition) is 2. The van der Waals surface area contributed by atoms with Gasteiger partial charge in [-0.3, -0.25) is 4.79 Å². The molecule has 17 heavy (non-hydrogen) atoms. The molecule has 0 radical (unpaired) electrons. The van der Waals surface area contributed by atoms with Crippen LogP contribution >= 0.6 is 11.6 Å². The molecule has 2 N–H and O–H groups in total. The third kappa shape index (κ3) is 5.65. The topological polar surface area (TPSA) is 49.3 Å². The summed E-state index contributed by atoms with van der Waals surface area (Å²) >= 11 is 5.30. The molecule has 0 heterocycles. The molecule has 94 valence electrons. The van der Waals surface area contributed by atoms with Crippen molar-refractivity contribution >= 4 is 17.5 Å². The Bertz CT molecular complexity index is 356. The summed E-state index contributed by atoms with van der Waals surface area (Å²) in [5.41, 5.74) is 0.863. The fraction of sp³-hybridized carbons (Fsp3) is 0.417. The van der Waals surface area contributed by atoms with Gasteiger partial charge in [0.15, 0.2) is 0 Å². The largest absolute Gasteiger partial charge is 0.393 e. The minimum absolute atomic E-state index is 0.0753. The van der Waals surface area contributed by atoms with Crippen LogP contribution < -0.4 is 5.32 Å². The van der Waals surface area contributed by atoms with Gasteiger partial charge in [-0.05, 0) is 30.5 Å². The van der Waals surface area contributed by atoms with Gasteiger partial charge in [0.2, 0.25) is 5.91 Å². The summed E-state index contributed by atoms with van der Waals surface area (Å²) in [6.45, 7) is 0.383. The number of halogens is 2. The van der Waals surface area contributed by atoms with E-state index in [2.05, 4.69) is 5.32 Å². The number of nitrogens with one attached hydrogen (secondary N) is 1. The second kappa shape index (κ2) is 7.25. The lowest BCUT2D eigenvalue weighted by atomic mass is 10.1. The molecule has 1 unspecified atom stereocenters. The Morgan fingerprint density at radius 3 is 2.65 bits per heavy atom. The lowest BCUT2D eigenvalue weighted by molar-refractivity contribution is -0.118. The van der Waals surface area contributed by atoms with E-state index in [1.807, 2.05) is 0 Å². The van der Waals surface area contributed by atoms with E-state index in [0.717, 1.165) is 5.56 Å². The number of amides is 1. The Kier molecular flexibility index (Phi) is 5.94. The van der Waals surface area contributed by atoms with Gasteiger partial charge in [-0.15, -0.1) is 11.6 Å². The van der Waals surface area contributed by atoms with Crippen LogP contribution in [0, 0.1) is 5.82 Å². The Morgan fingerprint density at radius 2 is 2.06 bits per heavy atom. The fourth-order valence-electron chi connectivity index (χ4n) is 1.42. The van der Waals surface area contributed by atoms with Crippen LogP contribution in [0.15, 0.2) is 24.3 Å². The average molecular weight is 260 g/mol. The lowest BCUT2D eigenvalue weighted by Crippen LogP contribution is -2.28. The van der Waals surface area contributed by atoms with Crippen molar-refractivity contribution in [3.63, 3.8) is 0 Å². The average Bonchev–Trinajstić information content (AvgIpc) is 2.32. The molecule has 0 saturated carbocycles. The molecule has 0 spiro atoms. The first-order chi connectivity index (χ1) is 8.11. The molecule has 1 aromatic rings. The zero-order chi connectivity index (χ0) is 12.7. The molecular weight excluding hydrogens is 245 g/mol. The third-order valence-corrected chi connectivity index (χ3v) is 2.55. The molecule has 0 aliphatic carbocycles. The number of alkyl halides is 1. The molecular formula is C12H15ClFNO2. The van der Waals surface area contributed by atoms with E-state index in [1.54, 1.807) is 12.1 Å². The van der Waals surface area contributed by atoms with Crippen molar-refractivity contribution < 1.29 is 14.3 Å². The van der Waals surface area contributed by atoms with Crippen molar-refractivity contribution in [2.75, 3.05) is 12.4 Å². The summed E-state index contributed by atoms with van der Waals surface area (Å²) in [4.78, 5) is 10.8. The van der Waals surface area contributed by atoms with Crippen LogP contribution in [0.4, 0.5) is 4.39 Å². The summed E-state index contributed by atoms with van der Waals surface area (Å²) < 4.78 is 12.6. The SMILES string of the molecule is O=C(CCl)NCCC(O)Cc1ccc(F)cc1. The van der Waals surface area contributed by atoms with Gasteiger partial charge in [0.05, 0.1) is 6.10 Å². The van der Waals surface area contributed by atoms with Crippen LogP contribution in [0.3, 0.4) is 0 Å². The molecule has 3 nitrogen and oxygen atoms in total. The van der Waals surface area contributed by atoms with Gasteiger partial charge in [-0.2, -0.15) is 0 Å². The summed E-state index contributed by atoms with van der Waals surface area (Å²) in [7, 11) is 0. The number of rotatable bonds is 6. The van der Waals surface area contributed by atoms with Gasteiger partial charge in [0.25, 0.3) is 0 Å². The Balaban J connectivity index is 2.27. The van der Waals surface area contributed by atoms with Gasteiger partial charge in [0.1, 0.15) is 11.7 Å². The van der Waals surface area contributed by atoms with E-state index in [4.69, 9.17) is 11.6 Å². The molecule has 5 heteroatoms. The van der Waals surface area contributed by atoms with Crippen molar-refractivity contribution in [2.24, 2.45) is 0 Å². The number of hydrogen-bond donors (Lipinski definition) is 2. The van der Waals surface area contributed by atoms with Gasteiger partial charge >= 0.3 is 0 Å². The normalized spacial score (nSPS) is 12.2. The second-order valence-electron chi connectivity index (χ2n) is 3.76. The van der Waals surface area contributed by atoms with Crippen LogP contribution in [0.2, 0.25) is 0 Å². The minimum Gasteiger partial charge on any atom is -0.393 e. The molecule has 0 aliphatic heterocycles. The number of benzene rings is 1. The van der Waals surface area contributed by atoms with Gasteiger partial charge in [0, 0.05) is 6.54 Å². The minimum atomic E-state index is -0.559. The van der Waals surface area contributed by atoms with Crippen molar-refractivity contribution in [3.8, 4) is 0 Å². The van der Waals surface area contributed by atoms with E-state index in [9.17, 15) is 14.3 Å². The van der Waals surface area contributed by atoms with Crippen LogP contribution in [0.1, 0.15) is 12.0 Å². The molecule has 0 bridgehead atoms. The maximum atomic E-state index is 12.6. The highest BCUT2D eigenvalue weighted by Gasteiger charge is 2.06. The number of carbonyl (C=O) groups is 1. The summed E-state index contributed by atoms with van der Waals surface area (Å²) in [5.74, 6) is -0.619. The quantitative estimate of drug-likeness (QED) is 0.761. The number of aliphatic hydroxyl groups is 1. The highest BCUT2D eigenvalue weighted by atomic mass is 35.5. The molecule has 0 aromatic heterocycles. The lowest BCUT2D eigenvalue weighted by Gasteiger charge is -2.10. The predicted molar refractivity (Wildman–Crippen MR) is 64.5 cm³/mol. The van der Waals surface area contributed by atoms with Crippen molar-refractivity contribution in [3.05, 3.63) is 35.6 Å². The second-order valence-corrected chi connectivity index (χ2v) is 4.02. The first-order valence-electron chi connectivity index (χ1n) is 5.37. The first kappa shape index (κ1) is 13.9. The predicted octanol–water partition coefficient (Wildman–Crippen LogP) is 1.47. The Morgan fingerprint density at radius 1 is 1.41 bits per heavy atom. The highest BCUT2D eigenvalue weighted by Crippen LogP contribution is 2.07. The maximum Gasteiger partial charge on any atom is 0.234 e. The number of aliphatic hydroxyl groups excluding tert-OH is 1. The number of carbonyl (C=O) groups excluding carboxylic acids is 1. The summed E-state index contributed by atoms with van der Waals surface area (Å²) in [5, 5.41) is 12.2. The van der Waals surface area contributed by atoms with E-state index >= 15 is 0 Å². The van der Waals surface area contributed by atoms with E-state index in [0.29, 0.717) is 19.4 Å². The third-order valence-electron chi connectivity index (χ3n) is 2.31. The molecule has 0 fully saturated rings. The Labute approximate surface area is 105 Å². The zero-order valence-electron chi connectivity index (χ0n) is 9.33.